The summed E-state index contributed by atoms with van der Waals surface area (Å²) >= 11 is 13.2. The molecule has 1 spiro atoms. The van der Waals surface area contributed by atoms with Gasteiger partial charge < -0.3 is 18.9 Å². The number of aromatic nitrogens is 2. The second-order valence-corrected chi connectivity index (χ2v) is 11.8. The molecule has 0 fully saturated rings. The maximum Gasteiger partial charge on any atom is 0.613 e. The van der Waals surface area contributed by atoms with E-state index >= 15 is 0 Å². The fourth-order valence-corrected chi connectivity index (χ4v) is 6.54. The van der Waals surface area contributed by atoms with Crippen LogP contribution in [-0.2, 0) is 13.1 Å². The van der Waals surface area contributed by atoms with Gasteiger partial charge in [0.15, 0.2) is 19.4 Å². The molecule has 6 rings (SSSR count). The lowest BCUT2D eigenvalue weighted by atomic mass is 10.2. The van der Waals surface area contributed by atoms with Crippen molar-refractivity contribution in [2.24, 2.45) is 20.5 Å². The summed E-state index contributed by atoms with van der Waals surface area (Å²) < 4.78 is 29.3. The Morgan fingerprint density at radius 3 is 1.53 bits per heavy atom. The maximum atomic E-state index is 11.6. The third-order valence-electron chi connectivity index (χ3n) is 6.01. The fourth-order valence-electron chi connectivity index (χ4n) is 4.03. The van der Waals surface area contributed by atoms with Crippen LogP contribution >= 0.6 is 47.1 Å². The normalized spacial score (nSPS) is 16.6. The van der Waals surface area contributed by atoms with Crippen molar-refractivity contribution in [2.45, 2.75) is 33.1 Å². The lowest BCUT2D eigenvalue weighted by molar-refractivity contribution is -0.385. The first-order valence-electron chi connectivity index (χ1n) is 12.2. The van der Waals surface area contributed by atoms with E-state index in [1.165, 1.54) is 24.3 Å². The average molecular weight is 661 g/mol. The second kappa shape index (κ2) is 10.9. The highest BCUT2D eigenvalue weighted by atomic mass is 32.2. The number of nitro benzene ring substituents is 2. The van der Waals surface area contributed by atoms with E-state index < -0.39 is 16.0 Å². The SMILES string of the molecule is CCn1c2c(sc1=S)N=Nc1cc([N+](=O)[O-])ccc1OC1(Oc3ccc([N+](=O)[O-])cc3N=Nc3sc(=S)n(CC)c3O1)O2. The minimum absolute atomic E-state index is 0.0457. The molecule has 0 saturated carbocycles. The summed E-state index contributed by atoms with van der Waals surface area (Å²) in [6, 6.07) is 7.29. The first-order chi connectivity index (χ1) is 20.6. The topological polar surface area (TPSA) is 182 Å². The average Bonchev–Trinajstić information content (AvgIpc) is 3.46. The van der Waals surface area contributed by atoms with Gasteiger partial charge in [-0.3, -0.25) is 29.4 Å². The Labute approximate surface area is 258 Å². The van der Waals surface area contributed by atoms with Crippen LogP contribution in [0.2, 0.25) is 0 Å². The van der Waals surface area contributed by atoms with Gasteiger partial charge in [0, 0.05) is 37.4 Å². The third kappa shape index (κ3) is 5.13. The zero-order chi connectivity index (χ0) is 30.5. The highest BCUT2D eigenvalue weighted by Gasteiger charge is 2.49. The van der Waals surface area contributed by atoms with Crippen LogP contribution in [0.25, 0.3) is 0 Å². The Morgan fingerprint density at radius 2 is 1.16 bits per heavy atom. The van der Waals surface area contributed by atoms with Crippen molar-refractivity contribution in [3.8, 4) is 23.3 Å². The Balaban J connectivity index is 1.66. The van der Waals surface area contributed by atoms with Gasteiger partial charge in [-0.2, -0.15) is 0 Å². The number of non-ortho nitro benzene ring substituents is 2. The van der Waals surface area contributed by atoms with Crippen molar-refractivity contribution in [3.63, 3.8) is 0 Å². The number of azo groups is 2. The molecule has 4 aromatic rings. The van der Waals surface area contributed by atoms with Crippen molar-refractivity contribution in [3.05, 3.63) is 64.5 Å². The van der Waals surface area contributed by atoms with E-state index in [4.69, 9.17) is 43.4 Å². The van der Waals surface area contributed by atoms with Crippen LogP contribution < -0.4 is 18.9 Å². The van der Waals surface area contributed by atoms with Gasteiger partial charge in [0.05, 0.1) is 9.85 Å². The number of nitro groups is 2. The van der Waals surface area contributed by atoms with E-state index in [2.05, 4.69) is 20.5 Å². The highest BCUT2D eigenvalue weighted by molar-refractivity contribution is 7.73. The molecule has 0 aliphatic carbocycles. The Morgan fingerprint density at radius 1 is 0.744 bits per heavy atom. The van der Waals surface area contributed by atoms with Gasteiger partial charge in [0.1, 0.15) is 11.4 Å². The van der Waals surface area contributed by atoms with Crippen molar-refractivity contribution in [1.82, 2.24) is 9.13 Å². The number of ether oxygens (including phenoxy) is 4. The monoisotopic (exact) mass is 660 g/mol. The molecule has 0 atom stereocenters. The molecular weight excluding hydrogens is 645 g/mol. The summed E-state index contributed by atoms with van der Waals surface area (Å²) in [6.45, 7) is 4.34. The van der Waals surface area contributed by atoms with Crippen LogP contribution in [0.4, 0.5) is 32.8 Å². The molecule has 20 heteroatoms. The molecule has 2 aliphatic rings. The van der Waals surface area contributed by atoms with Crippen molar-refractivity contribution >= 4 is 79.9 Å². The zero-order valence-electron chi connectivity index (χ0n) is 21.9. The maximum absolute atomic E-state index is 11.6. The summed E-state index contributed by atoms with van der Waals surface area (Å²) in [6.07, 6.45) is -2.57. The van der Waals surface area contributed by atoms with Gasteiger partial charge in [-0.05, 0) is 50.4 Å². The number of hydrogen-bond acceptors (Lipinski definition) is 16. The van der Waals surface area contributed by atoms with Crippen molar-refractivity contribution in [1.29, 1.82) is 0 Å². The number of benzene rings is 2. The third-order valence-corrected chi connectivity index (χ3v) is 8.64. The van der Waals surface area contributed by atoms with E-state index in [0.717, 1.165) is 34.8 Å². The largest absolute Gasteiger partial charge is 0.613 e. The molecule has 0 saturated heterocycles. The van der Waals surface area contributed by atoms with Crippen LogP contribution in [0.5, 0.6) is 23.3 Å². The number of hydrogen-bond donors (Lipinski definition) is 0. The van der Waals surface area contributed by atoms with Crippen molar-refractivity contribution < 1.29 is 28.8 Å². The molecule has 2 aromatic carbocycles. The smallest absolute Gasteiger partial charge is 0.384 e. The van der Waals surface area contributed by atoms with E-state index in [1.54, 1.807) is 9.13 Å². The Hall–Kier alpha value is -4.66. The lowest BCUT2D eigenvalue weighted by Crippen LogP contribution is -2.54. The molecule has 220 valence electrons. The number of rotatable bonds is 4. The Bertz CT molecular complexity index is 1850. The molecule has 0 radical (unpaired) electrons. The predicted octanol–water partition coefficient (Wildman–Crippen LogP) is 8.41. The predicted molar refractivity (Wildman–Crippen MR) is 157 cm³/mol. The summed E-state index contributed by atoms with van der Waals surface area (Å²) in [4.78, 5) is 21.9. The van der Waals surface area contributed by atoms with Gasteiger partial charge in [-0.15, -0.1) is 20.5 Å². The molecule has 43 heavy (non-hydrogen) atoms. The van der Waals surface area contributed by atoms with Crippen molar-refractivity contribution in [2.75, 3.05) is 0 Å². The van der Waals surface area contributed by atoms with Gasteiger partial charge >= 0.3 is 6.16 Å². The molecule has 4 heterocycles. The number of nitrogens with zero attached hydrogens (tertiary/aromatic N) is 8. The molecule has 16 nitrogen and oxygen atoms in total. The summed E-state index contributed by atoms with van der Waals surface area (Å²) in [5, 5.41) is 40.4. The van der Waals surface area contributed by atoms with Gasteiger partial charge in [-0.25, -0.2) is 0 Å². The van der Waals surface area contributed by atoms with E-state index in [1.807, 2.05) is 13.8 Å². The van der Waals surface area contributed by atoms with Crippen LogP contribution in [0.3, 0.4) is 0 Å². The molecule has 2 aromatic heterocycles. The first kappa shape index (κ1) is 28.5. The summed E-state index contributed by atoms with van der Waals surface area (Å²) in [7, 11) is 0. The van der Waals surface area contributed by atoms with Gasteiger partial charge in [0.2, 0.25) is 21.8 Å². The molecule has 0 amide bonds. The number of fused-ring (bicyclic) bond motifs is 4. The minimum Gasteiger partial charge on any atom is -0.384 e. The van der Waals surface area contributed by atoms with E-state index in [0.29, 0.717) is 21.0 Å². The molecule has 0 bridgehead atoms. The molecule has 0 unspecified atom stereocenters. The fraction of sp³-hybridized carbons (Fsp3) is 0.217. The van der Waals surface area contributed by atoms with Crippen LogP contribution in [0.15, 0.2) is 56.9 Å². The molecule has 0 N–H and O–H groups in total. The molecular formula is C23H16N8O8S4. The van der Waals surface area contributed by atoms with Crippen LogP contribution in [0.1, 0.15) is 13.8 Å². The summed E-state index contributed by atoms with van der Waals surface area (Å²) in [5.41, 5.74) is -0.646. The second-order valence-electron chi connectivity index (χ2n) is 8.57. The summed E-state index contributed by atoms with van der Waals surface area (Å²) in [5.74, 6) is -0.0283. The first-order valence-corrected chi connectivity index (χ1v) is 14.7. The van der Waals surface area contributed by atoms with E-state index in [-0.39, 0.29) is 56.0 Å². The Kier molecular flexibility index (Phi) is 7.20. The highest BCUT2D eigenvalue weighted by Crippen LogP contribution is 2.48. The lowest BCUT2D eigenvalue weighted by Gasteiger charge is -2.32. The van der Waals surface area contributed by atoms with E-state index in [9.17, 15) is 20.2 Å². The minimum atomic E-state index is -2.57. The molecule has 2 aliphatic heterocycles. The van der Waals surface area contributed by atoms with Gasteiger partial charge in [-0.1, -0.05) is 22.7 Å². The zero-order valence-corrected chi connectivity index (χ0v) is 25.1. The number of thiazole rings is 2. The van der Waals surface area contributed by atoms with Gasteiger partial charge in [0.25, 0.3) is 11.4 Å². The standard InChI is InChI=1S/C23H16N8O8S4/c1-3-28-19-17(42-21(28)40)26-24-13-9-11(30(32)33)5-7-15(13)36-23(38-19)37-16-8-6-12(31(34)35)10-14(16)25-27-18-20(39-23)29(4-2)22(41)43-18/h5-10H,3-4H2,1-2H3. The quantitative estimate of drug-likeness (QED) is 0.117. The van der Waals surface area contributed by atoms with Crippen LogP contribution in [-0.4, -0.2) is 25.1 Å². The van der Waals surface area contributed by atoms with Crippen LogP contribution in [0, 0.1) is 28.1 Å².